The van der Waals surface area contributed by atoms with E-state index in [1.807, 2.05) is 0 Å². The van der Waals surface area contributed by atoms with E-state index in [0.717, 1.165) is 24.3 Å². The Balaban J connectivity index is 2.47. The molecule has 1 atom stereocenters. The molecule has 0 nitrogen and oxygen atoms in total. The molecule has 1 unspecified atom stereocenters. The van der Waals surface area contributed by atoms with E-state index in [0.29, 0.717) is 6.07 Å². The van der Waals surface area contributed by atoms with Crippen LogP contribution in [0.5, 0.6) is 0 Å². The average Bonchev–Trinajstić information content (AvgIpc) is 2.34. The molecule has 2 aromatic rings. The van der Waals surface area contributed by atoms with E-state index < -0.39 is 33.9 Å². The molecule has 100 valence electrons. The second kappa shape index (κ2) is 5.28. The van der Waals surface area contributed by atoms with Gasteiger partial charge < -0.3 is 0 Å². The maximum atomic E-state index is 13.5. The van der Waals surface area contributed by atoms with Crippen LogP contribution in [0.25, 0.3) is 0 Å². The normalized spacial score (nSPS) is 12.5. The van der Waals surface area contributed by atoms with Crippen molar-refractivity contribution in [2.45, 2.75) is 4.83 Å². The van der Waals surface area contributed by atoms with Gasteiger partial charge in [0, 0.05) is 11.6 Å². The van der Waals surface area contributed by atoms with E-state index in [2.05, 4.69) is 15.9 Å². The lowest BCUT2D eigenvalue weighted by Crippen LogP contribution is -2.01. The Kier molecular flexibility index (Phi) is 3.89. The lowest BCUT2D eigenvalue weighted by Gasteiger charge is -2.12. The van der Waals surface area contributed by atoms with Crippen LogP contribution in [0, 0.1) is 29.1 Å². The minimum atomic E-state index is -1.59. The van der Waals surface area contributed by atoms with Crippen molar-refractivity contribution in [3.8, 4) is 0 Å². The van der Waals surface area contributed by atoms with Crippen molar-refractivity contribution in [1.82, 2.24) is 0 Å². The first-order valence-corrected chi connectivity index (χ1v) is 6.05. The molecule has 19 heavy (non-hydrogen) atoms. The van der Waals surface area contributed by atoms with Gasteiger partial charge in [-0.2, -0.15) is 0 Å². The van der Waals surface area contributed by atoms with Gasteiger partial charge in [0.25, 0.3) is 0 Å². The summed E-state index contributed by atoms with van der Waals surface area (Å²) in [6.45, 7) is 0. The summed E-state index contributed by atoms with van der Waals surface area (Å²) in [5.74, 6) is -5.98. The van der Waals surface area contributed by atoms with Crippen molar-refractivity contribution in [3.05, 3.63) is 70.5 Å². The van der Waals surface area contributed by atoms with Crippen molar-refractivity contribution < 1.29 is 22.0 Å². The predicted octanol–water partition coefficient (Wildman–Crippen LogP) is 4.87. The topological polar surface area (TPSA) is 0 Å². The van der Waals surface area contributed by atoms with Crippen LogP contribution in [0.15, 0.2) is 30.3 Å². The smallest absolute Gasteiger partial charge is 0.194 e. The molecule has 2 rings (SSSR count). The van der Waals surface area contributed by atoms with Gasteiger partial charge in [0.1, 0.15) is 11.6 Å². The highest BCUT2D eigenvalue weighted by Gasteiger charge is 2.19. The number of benzene rings is 2. The Morgan fingerprint density at radius 1 is 0.789 bits per heavy atom. The van der Waals surface area contributed by atoms with Gasteiger partial charge in [-0.1, -0.05) is 22.0 Å². The fourth-order valence-corrected chi connectivity index (χ4v) is 2.24. The molecule has 0 radical (unpaired) electrons. The van der Waals surface area contributed by atoms with Crippen molar-refractivity contribution in [3.63, 3.8) is 0 Å². The largest absolute Gasteiger partial charge is 0.207 e. The average molecular weight is 337 g/mol. The minimum absolute atomic E-state index is 0.00759. The summed E-state index contributed by atoms with van der Waals surface area (Å²) in [5, 5.41) is 0. The molecule has 0 spiro atoms. The van der Waals surface area contributed by atoms with Gasteiger partial charge in [0.2, 0.25) is 0 Å². The molecule has 2 aromatic carbocycles. The molecule has 0 aromatic heterocycles. The maximum Gasteiger partial charge on any atom is 0.194 e. The van der Waals surface area contributed by atoms with Crippen LogP contribution in [0.3, 0.4) is 0 Å². The van der Waals surface area contributed by atoms with Crippen molar-refractivity contribution in [2.24, 2.45) is 0 Å². The molecule has 0 bridgehead atoms. The van der Waals surface area contributed by atoms with Crippen LogP contribution in [0.1, 0.15) is 16.0 Å². The quantitative estimate of drug-likeness (QED) is 0.417. The molecular formula is C13H6BrF5. The molecule has 0 amide bonds. The Labute approximate surface area is 114 Å². The minimum Gasteiger partial charge on any atom is -0.207 e. The Bertz CT molecular complexity index is 603. The van der Waals surface area contributed by atoms with Gasteiger partial charge in [-0.3, -0.25) is 0 Å². The summed E-state index contributed by atoms with van der Waals surface area (Å²) in [6.07, 6.45) is 0. The van der Waals surface area contributed by atoms with Crippen LogP contribution in [-0.4, -0.2) is 0 Å². The summed E-state index contributed by atoms with van der Waals surface area (Å²) in [5.41, 5.74) is -0.0197. The van der Waals surface area contributed by atoms with Crippen LogP contribution in [0.2, 0.25) is 0 Å². The summed E-state index contributed by atoms with van der Waals surface area (Å²) >= 11 is 3.04. The van der Waals surface area contributed by atoms with Crippen LogP contribution < -0.4 is 0 Å². The van der Waals surface area contributed by atoms with E-state index in [4.69, 9.17) is 0 Å². The molecule has 0 aliphatic rings. The number of hydrogen-bond acceptors (Lipinski definition) is 0. The fourth-order valence-electron chi connectivity index (χ4n) is 1.61. The van der Waals surface area contributed by atoms with E-state index >= 15 is 0 Å². The number of rotatable bonds is 2. The molecule has 0 saturated heterocycles. The molecule has 0 N–H and O–H groups in total. The number of hydrogen-bond donors (Lipinski definition) is 0. The fraction of sp³-hybridized carbons (Fsp3) is 0.0769. The second-order valence-electron chi connectivity index (χ2n) is 3.83. The number of halogens is 6. The Hall–Kier alpha value is -1.43. The van der Waals surface area contributed by atoms with E-state index in [9.17, 15) is 22.0 Å². The molecule has 0 heterocycles. The zero-order valence-electron chi connectivity index (χ0n) is 9.23. The Morgan fingerprint density at radius 3 is 1.89 bits per heavy atom. The van der Waals surface area contributed by atoms with Crippen molar-refractivity contribution >= 4 is 15.9 Å². The van der Waals surface area contributed by atoms with E-state index in [1.54, 1.807) is 0 Å². The monoisotopic (exact) mass is 336 g/mol. The molecular weight excluding hydrogens is 331 g/mol. The predicted molar refractivity (Wildman–Crippen MR) is 63.4 cm³/mol. The highest BCUT2D eigenvalue weighted by atomic mass is 79.9. The maximum absolute atomic E-state index is 13.5. The van der Waals surface area contributed by atoms with Crippen LogP contribution in [0.4, 0.5) is 22.0 Å². The van der Waals surface area contributed by atoms with Gasteiger partial charge in [-0.15, -0.1) is 0 Å². The van der Waals surface area contributed by atoms with Gasteiger partial charge in [0.15, 0.2) is 17.5 Å². The van der Waals surface area contributed by atoms with Gasteiger partial charge in [0.05, 0.1) is 4.83 Å². The third kappa shape index (κ3) is 2.78. The van der Waals surface area contributed by atoms with E-state index in [1.165, 1.54) is 0 Å². The molecule has 0 saturated carbocycles. The second-order valence-corrected chi connectivity index (χ2v) is 4.74. The lowest BCUT2D eigenvalue weighted by atomic mass is 10.0. The number of alkyl halides is 1. The summed E-state index contributed by atoms with van der Waals surface area (Å²) < 4.78 is 65.3. The third-order valence-electron chi connectivity index (χ3n) is 2.53. The lowest BCUT2D eigenvalue weighted by molar-refractivity contribution is 0.445. The first-order chi connectivity index (χ1) is 8.90. The summed E-state index contributed by atoms with van der Waals surface area (Å²) in [7, 11) is 0. The zero-order chi connectivity index (χ0) is 14.2. The SMILES string of the molecule is Fc1ccc(C(Br)c2cc(F)c(F)c(F)c2)c(F)c1. The molecule has 0 aliphatic heterocycles. The van der Waals surface area contributed by atoms with Gasteiger partial charge in [-0.25, -0.2) is 22.0 Å². The first kappa shape index (κ1) is 14.0. The molecule has 0 fully saturated rings. The van der Waals surface area contributed by atoms with Crippen LogP contribution in [-0.2, 0) is 0 Å². The highest BCUT2D eigenvalue weighted by Crippen LogP contribution is 2.33. The van der Waals surface area contributed by atoms with Crippen LogP contribution >= 0.6 is 15.9 Å². The summed E-state index contributed by atoms with van der Waals surface area (Å²) in [6, 6.07) is 4.31. The van der Waals surface area contributed by atoms with Gasteiger partial charge >= 0.3 is 0 Å². The van der Waals surface area contributed by atoms with E-state index in [-0.39, 0.29) is 11.1 Å². The van der Waals surface area contributed by atoms with Crippen molar-refractivity contribution in [2.75, 3.05) is 0 Å². The first-order valence-electron chi connectivity index (χ1n) is 5.13. The zero-order valence-corrected chi connectivity index (χ0v) is 10.8. The highest BCUT2D eigenvalue weighted by molar-refractivity contribution is 9.09. The standard InChI is InChI=1S/C13H6BrF5/c14-12(8-2-1-7(15)5-9(8)16)6-3-10(17)13(19)11(18)4-6/h1-5,12H. The van der Waals surface area contributed by atoms with Gasteiger partial charge in [-0.05, 0) is 23.8 Å². The summed E-state index contributed by atoms with van der Waals surface area (Å²) in [4.78, 5) is -0.919. The van der Waals surface area contributed by atoms with Crippen molar-refractivity contribution in [1.29, 1.82) is 0 Å². The molecule has 0 aliphatic carbocycles. The Morgan fingerprint density at radius 2 is 1.37 bits per heavy atom. The molecule has 6 heteroatoms. The third-order valence-corrected chi connectivity index (χ3v) is 3.56.